The highest BCUT2D eigenvalue weighted by Crippen LogP contribution is 2.48. The van der Waals surface area contributed by atoms with Gasteiger partial charge in [0, 0.05) is 65.2 Å². The van der Waals surface area contributed by atoms with Crippen LogP contribution in [0.1, 0.15) is 70.1 Å². The Morgan fingerprint density at radius 1 is 0.865 bits per heavy atom. The number of aliphatic carboxylic acids is 1. The highest BCUT2D eigenvalue weighted by atomic mass is 32.2. The van der Waals surface area contributed by atoms with E-state index >= 15 is 0 Å². The second kappa shape index (κ2) is 14.6. The molecule has 13 nitrogen and oxygen atoms in total. The van der Waals surface area contributed by atoms with Gasteiger partial charge < -0.3 is 14.6 Å². The Morgan fingerprint density at radius 3 is 2.17 bits per heavy atom. The van der Waals surface area contributed by atoms with E-state index in [9.17, 15) is 38.0 Å². The Morgan fingerprint density at radius 2 is 1.54 bits per heavy atom. The predicted octanol–water partition coefficient (Wildman–Crippen LogP) is 7.42. The molecule has 0 bridgehead atoms. The molecule has 1 N–H and O–H groups in total. The van der Waals surface area contributed by atoms with Crippen LogP contribution in [0.2, 0.25) is 0 Å². The fraction of sp³-hybridized carbons (Fsp3) is 0.316. The van der Waals surface area contributed by atoms with Crippen molar-refractivity contribution in [2.75, 3.05) is 11.4 Å². The molecule has 2 aliphatic heterocycles. The van der Waals surface area contributed by atoms with Gasteiger partial charge in [0.05, 0.1) is 26.2 Å². The maximum Gasteiger partial charge on any atom is 0.303 e. The van der Waals surface area contributed by atoms with Crippen molar-refractivity contribution in [1.29, 1.82) is 0 Å². The van der Waals surface area contributed by atoms with Gasteiger partial charge in [-0.05, 0) is 56.5 Å². The van der Waals surface area contributed by atoms with Gasteiger partial charge in [-0.2, -0.15) is 4.58 Å². The second-order valence-corrected chi connectivity index (χ2v) is 15.3. The first kappa shape index (κ1) is 37.8. The predicted molar refractivity (Wildman–Crippen MR) is 195 cm³/mol. The molecule has 3 aromatic rings. The van der Waals surface area contributed by atoms with Crippen LogP contribution in [0.5, 0.6) is 0 Å². The van der Waals surface area contributed by atoms with Crippen LogP contribution < -0.4 is 4.90 Å². The maximum atomic E-state index is 11.9. The van der Waals surface area contributed by atoms with Crippen LogP contribution in [0.25, 0.3) is 0 Å². The molecule has 0 unspecified atom stereocenters. The van der Waals surface area contributed by atoms with E-state index in [1.54, 1.807) is 6.07 Å². The Labute approximate surface area is 302 Å². The van der Waals surface area contributed by atoms with Crippen LogP contribution >= 0.6 is 0 Å². The van der Waals surface area contributed by atoms with Gasteiger partial charge >= 0.3 is 5.97 Å². The van der Waals surface area contributed by atoms with Gasteiger partial charge in [-0.25, -0.2) is 8.42 Å². The Kier molecular flexibility index (Phi) is 10.6. The minimum absolute atomic E-state index is 0.0775. The van der Waals surface area contributed by atoms with Crippen LogP contribution in [-0.2, 0) is 32.3 Å². The summed E-state index contributed by atoms with van der Waals surface area (Å²) in [4.78, 5) is 34.7. The molecule has 0 saturated carbocycles. The van der Waals surface area contributed by atoms with Crippen molar-refractivity contribution < 1.29 is 37.3 Å². The number of hydrogen-bond acceptors (Lipinski definition) is 9. The SMILES string of the molecule is CC1(C)C(/C=C/C=C/C=C2\N(CCCCCC(=O)O)c3ccc(S(=O)(=O)[O-])cc3C2(C)C)=[N+](Cc2cc([N+](=O)[O-])cc([N+](=O)[O-])c2)c2ccccc21. The molecular weight excluding hydrogens is 689 g/mol. The first-order chi connectivity index (χ1) is 24.4. The van der Waals surface area contributed by atoms with Gasteiger partial charge in [-0.1, -0.05) is 56.7 Å². The van der Waals surface area contributed by atoms with Crippen LogP contribution in [0.15, 0.2) is 102 Å². The Hall–Kier alpha value is -5.47. The topological polar surface area (TPSA) is 187 Å². The van der Waals surface area contributed by atoms with E-state index in [0.29, 0.717) is 36.9 Å². The third-order valence-corrected chi connectivity index (χ3v) is 10.5. The fourth-order valence-corrected chi connectivity index (χ4v) is 7.58. The van der Waals surface area contributed by atoms with Gasteiger partial charge in [0.25, 0.3) is 11.4 Å². The molecule has 0 aromatic heterocycles. The molecule has 272 valence electrons. The van der Waals surface area contributed by atoms with Gasteiger partial charge in [0.1, 0.15) is 10.1 Å². The average Bonchev–Trinajstić information content (AvgIpc) is 3.41. The summed E-state index contributed by atoms with van der Waals surface area (Å²) in [5.74, 6) is -0.850. The molecule has 2 aliphatic rings. The number of carboxylic acid groups (broad SMARTS) is 1. The monoisotopic (exact) mass is 728 g/mol. The number of unbranched alkanes of at least 4 members (excludes halogenated alkanes) is 2. The van der Waals surface area contributed by atoms with E-state index in [1.165, 1.54) is 24.3 Å². The summed E-state index contributed by atoms with van der Waals surface area (Å²) in [6, 6.07) is 15.8. The van der Waals surface area contributed by atoms with Crippen molar-refractivity contribution in [2.24, 2.45) is 0 Å². The first-order valence-corrected chi connectivity index (χ1v) is 18.2. The molecule has 0 aliphatic carbocycles. The third kappa shape index (κ3) is 7.72. The van der Waals surface area contributed by atoms with Crippen molar-refractivity contribution in [3.8, 4) is 0 Å². The maximum absolute atomic E-state index is 11.9. The van der Waals surface area contributed by atoms with E-state index in [-0.39, 0.29) is 29.2 Å². The van der Waals surface area contributed by atoms with Crippen molar-refractivity contribution in [3.63, 3.8) is 0 Å². The zero-order valence-electron chi connectivity index (χ0n) is 29.3. The zero-order chi connectivity index (χ0) is 38.0. The minimum Gasteiger partial charge on any atom is -0.744 e. The van der Waals surface area contributed by atoms with Crippen molar-refractivity contribution in [2.45, 2.75) is 75.6 Å². The average molecular weight is 729 g/mol. The summed E-state index contributed by atoms with van der Waals surface area (Å²) < 4.78 is 37.6. The molecule has 2 heterocycles. The lowest BCUT2D eigenvalue weighted by Gasteiger charge is -2.27. The molecule has 14 heteroatoms. The third-order valence-electron chi connectivity index (χ3n) is 9.68. The second-order valence-electron chi connectivity index (χ2n) is 13.9. The van der Waals surface area contributed by atoms with E-state index in [2.05, 4.69) is 18.7 Å². The van der Waals surface area contributed by atoms with Gasteiger partial charge in [0.15, 0.2) is 12.3 Å². The Balaban J connectivity index is 1.49. The molecule has 0 atom stereocenters. The number of nitro benzene ring substituents is 2. The van der Waals surface area contributed by atoms with Crippen molar-refractivity contribution in [3.05, 3.63) is 134 Å². The van der Waals surface area contributed by atoms with Crippen LogP contribution in [0.4, 0.5) is 22.7 Å². The highest BCUT2D eigenvalue weighted by Gasteiger charge is 2.44. The largest absolute Gasteiger partial charge is 0.744 e. The minimum atomic E-state index is -4.67. The molecule has 0 amide bonds. The number of carbonyl (C=O) groups is 1. The number of nitro groups is 2. The number of rotatable bonds is 14. The molecule has 5 rings (SSSR count). The molecule has 0 spiro atoms. The number of nitrogens with zero attached hydrogens (tertiary/aromatic N) is 4. The summed E-state index contributed by atoms with van der Waals surface area (Å²) >= 11 is 0. The number of allylic oxidation sites excluding steroid dienone is 6. The molecule has 0 radical (unpaired) electrons. The van der Waals surface area contributed by atoms with Crippen LogP contribution in [-0.4, -0.2) is 50.7 Å². The number of para-hydroxylation sites is 1. The molecular formula is C38H40N4O9S. The smallest absolute Gasteiger partial charge is 0.303 e. The van der Waals surface area contributed by atoms with Crippen molar-refractivity contribution >= 4 is 44.5 Å². The standard InChI is InChI=1S/C38H40N4O9S/c1-37(2)30-13-10-11-14-32(30)40(25-26-21-27(41(45)46)23-28(22-26)42(47)48)35(37)16-8-5-7-15-34-38(3,4)31-24-29(52(49,50)51)18-19-33(31)39(34)20-12-6-9-17-36(43)44/h5,7-8,10-11,13-16,18-19,21-24H,6,9,12,17,20,25H2,1-4H3,(H-,43,44,49,50,51). The summed E-state index contributed by atoms with van der Waals surface area (Å²) in [6.07, 6.45) is 11.5. The number of hydrogen-bond donors (Lipinski definition) is 1. The molecule has 3 aromatic carbocycles. The van der Waals surface area contributed by atoms with Gasteiger partial charge in [-0.15, -0.1) is 0 Å². The lowest BCUT2D eigenvalue weighted by Crippen LogP contribution is -2.27. The normalized spacial score (nSPS) is 16.9. The molecule has 0 fully saturated rings. The lowest BCUT2D eigenvalue weighted by molar-refractivity contribution is -0.455. The zero-order valence-corrected chi connectivity index (χ0v) is 30.1. The number of benzene rings is 3. The van der Waals surface area contributed by atoms with E-state index in [1.807, 2.05) is 73.1 Å². The molecule has 0 saturated heterocycles. The van der Waals surface area contributed by atoms with Gasteiger partial charge in [-0.3, -0.25) is 25.0 Å². The number of carboxylic acids is 1. The van der Waals surface area contributed by atoms with Crippen LogP contribution in [0, 0.1) is 20.2 Å². The summed E-state index contributed by atoms with van der Waals surface area (Å²) in [6.45, 7) is 8.76. The highest BCUT2D eigenvalue weighted by molar-refractivity contribution is 7.85. The summed E-state index contributed by atoms with van der Waals surface area (Å²) in [7, 11) is -4.67. The van der Waals surface area contributed by atoms with Crippen LogP contribution in [0.3, 0.4) is 0 Å². The quantitative estimate of drug-likeness (QED) is 0.0437. The van der Waals surface area contributed by atoms with Gasteiger partial charge in [0.2, 0.25) is 5.69 Å². The summed E-state index contributed by atoms with van der Waals surface area (Å²) in [5, 5.41) is 32.2. The Bertz CT molecular complexity index is 2150. The molecule has 52 heavy (non-hydrogen) atoms. The van der Waals surface area contributed by atoms with E-state index in [4.69, 9.17) is 5.11 Å². The number of non-ortho nitro benzene ring substituents is 2. The van der Waals surface area contributed by atoms with E-state index in [0.717, 1.165) is 34.4 Å². The number of fused-ring (bicyclic) bond motifs is 2. The summed E-state index contributed by atoms with van der Waals surface area (Å²) in [5.41, 5.74) is 3.71. The van der Waals surface area contributed by atoms with Crippen molar-refractivity contribution in [1.82, 2.24) is 0 Å². The fourth-order valence-electron chi connectivity index (χ4n) is 7.08. The lowest BCUT2D eigenvalue weighted by atomic mass is 9.81. The van der Waals surface area contributed by atoms with E-state index < -0.39 is 36.8 Å². The number of anilines is 1. The first-order valence-electron chi connectivity index (χ1n) is 16.8.